The summed E-state index contributed by atoms with van der Waals surface area (Å²) in [6.07, 6.45) is 9.08. The van der Waals surface area contributed by atoms with Crippen LogP contribution >= 0.6 is 0 Å². The second-order valence-corrected chi connectivity index (χ2v) is 11.7. The van der Waals surface area contributed by atoms with E-state index in [-0.39, 0.29) is 10.8 Å². The Morgan fingerprint density at radius 2 is 1.43 bits per heavy atom. The molecule has 2 aliphatic rings. The zero-order chi connectivity index (χ0) is 29.9. The summed E-state index contributed by atoms with van der Waals surface area (Å²) in [5.74, 6) is 1.83. The van der Waals surface area contributed by atoms with Gasteiger partial charge in [-0.2, -0.15) is 4.58 Å². The highest BCUT2D eigenvalue weighted by Crippen LogP contribution is 2.49. The summed E-state index contributed by atoms with van der Waals surface area (Å²) >= 11 is 0. The minimum Gasteiger partial charge on any atom is -0.497 e. The standard InChI is InChI=1S/C31H41N2O2.ClHO4/c1-9-18-32-26-16-14-22(34-7)20-24(26)30(3,4)28(32)12-11-13-29-31(5,6)25-21-23(35-8)15-17-27(25)33(29)19-10-2;2-1(3,4)5/h11-17,20-21H,9-10,18-19H2,1-8H3;(H,2,3,4,5)/q+1;/p-1. The molecule has 0 saturated carbocycles. The Hall–Kier alpha value is -2.88. The Bertz CT molecular complexity index is 1300. The molecule has 0 aromatic heterocycles. The molecule has 0 radical (unpaired) electrons. The first kappa shape index (κ1) is 31.6. The van der Waals surface area contributed by atoms with Crippen molar-refractivity contribution in [2.45, 2.75) is 65.2 Å². The fourth-order valence-electron chi connectivity index (χ4n) is 5.72. The molecule has 0 bridgehead atoms. The highest BCUT2D eigenvalue weighted by molar-refractivity contribution is 6.03. The summed E-state index contributed by atoms with van der Waals surface area (Å²) in [7, 11) is -1.47. The van der Waals surface area contributed by atoms with Gasteiger partial charge in [0.05, 0.1) is 19.6 Å². The molecule has 0 N–H and O–H groups in total. The Labute approximate surface area is 240 Å². The lowest BCUT2D eigenvalue weighted by Gasteiger charge is -2.26. The molecule has 0 spiro atoms. The molecule has 2 aromatic carbocycles. The predicted octanol–water partition coefficient (Wildman–Crippen LogP) is 2.38. The van der Waals surface area contributed by atoms with E-state index in [0.717, 1.165) is 37.4 Å². The van der Waals surface area contributed by atoms with Crippen LogP contribution in [0.5, 0.6) is 11.5 Å². The van der Waals surface area contributed by atoms with Crippen LogP contribution in [0.3, 0.4) is 0 Å². The smallest absolute Gasteiger partial charge is 0.210 e. The van der Waals surface area contributed by atoms with E-state index in [9.17, 15) is 0 Å². The van der Waals surface area contributed by atoms with Gasteiger partial charge in [-0.05, 0) is 62.2 Å². The molecule has 2 aromatic rings. The average molecular weight is 573 g/mol. The number of rotatable bonds is 8. The van der Waals surface area contributed by atoms with E-state index in [1.54, 1.807) is 14.2 Å². The van der Waals surface area contributed by atoms with E-state index < -0.39 is 10.2 Å². The number of anilines is 1. The number of hydrogen-bond donors (Lipinski definition) is 0. The SMILES string of the molecule is CCCN1/C(=C/C=CC2=[N+](CCC)c3ccc(OC)cc3C2(C)C)C(C)(C)c2cc(OC)ccc21.[O-][Cl+3]([O-])([O-])[O-]. The largest absolute Gasteiger partial charge is 0.497 e. The van der Waals surface area contributed by atoms with Crippen LogP contribution in [0.4, 0.5) is 11.4 Å². The first-order valence-corrected chi connectivity index (χ1v) is 14.7. The fourth-order valence-corrected chi connectivity index (χ4v) is 5.72. The number of benzene rings is 2. The molecule has 9 heteroatoms. The van der Waals surface area contributed by atoms with Gasteiger partial charge >= 0.3 is 0 Å². The number of allylic oxidation sites excluding steroid dienone is 4. The molecular weight excluding hydrogens is 532 g/mol. The van der Waals surface area contributed by atoms with Crippen LogP contribution in [0, 0.1) is 10.2 Å². The molecule has 0 amide bonds. The van der Waals surface area contributed by atoms with Crippen molar-refractivity contribution in [3.8, 4) is 11.5 Å². The summed E-state index contributed by atoms with van der Waals surface area (Å²) in [6, 6.07) is 13.0. The molecule has 2 heterocycles. The zero-order valence-corrected chi connectivity index (χ0v) is 25.5. The first-order valence-electron chi connectivity index (χ1n) is 13.5. The average Bonchev–Trinajstić information content (AvgIpc) is 3.22. The molecule has 8 nitrogen and oxygen atoms in total. The van der Waals surface area contributed by atoms with Crippen molar-refractivity contribution < 1.29 is 42.9 Å². The van der Waals surface area contributed by atoms with Crippen molar-refractivity contribution in [3.05, 3.63) is 71.5 Å². The van der Waals surface area contributed by atoms with E-state index in [1.807, 2.05) is 0 Å². The quantitative estimate of drug-likeness (QED) is 0.446. The van der Waals surface area contributed by atoms with Crippen LogP contribution in [0.25, 0.3) is 0 Å². The van der Waals surface area contributed by atoms with Crippen LogP contribution in [0.2, 0.25) is 0 Å². The molecular formula is C31H41ClN2O6. The number of methoxy groups -OCH3 is 2. The highest BCUT2D eigenvalue weighted by atomic mass is 35.7. The Balaban J connectivity index is 0.000000810. The lowest BCUT2D eigenvalue weighted by Crippen LogP contribution is -2.68. The van der Waals surface area contributed by atoms with Crippen molar-refractivity contribution in [1.82, 2.24) is 0 Å². The third kappa shape index (κ3) is 6.53. The molecule has 0 aliphatic carbocycles. The van der Waals surface area contributed by atoms with E-state index in [4.69, 9.17) is 28.1 Å². The van der Waals surface area contributed by atoms with Gasteiger partial charge in [0.15, 0.2) is 5.71 Å². The van der Waals surface area contributed by atoms with E-state index in [0.29, 0.717) is 0 Å². The first-order chi connectivity index (χ1) is 18.7. The number of halogens is 1. The van der Waals surface area contributed by atoms with Gasteiger partial charge in [-0.15, -0.1) is 10.2 Å². The fraction of sp³-hybridized carbons (Fsp3) is 0.452. The van der Waals surface area contributed by atoms with E-state index in [2.05, 4.69) is 106 Å². The number of fused-ring (bicyclic) bond motifs is 2. The van der Waals surface area contributed by atoms with Crippen molar-refractivity contribution in [1.29, 1.82) is 0 Å². The van der Waals surface area contributed by atoms with Gasteiger partial charge in [-0.3, -0.25) is 0 Å². The molecule has 0 atom stereocenters. The third-order valence-electron chi connectivity index (χ3n) is 7.60. The maximum absolute atomic E-state index is 8.49. The number of hydrogen-bond acceptors (Lipinski definition) is 7. The van der Waals surface area contributed by atoms with Crippen molar-refractivity contribution >= 4 is 17.1 Å². The molecule has 218 valence electrons. The molecule has 0 unspecified atom stereocenters. The topological polar surface area (TPSA) is 117 Å². The van der Waals surface area contributed by atoms with Gasteiger partial charge in [0.1, 0.15) is 18.0 Å². The third-order valence-corrected chi connectivity index (χ3v) is 7.60. The Morgan fingerprint density at radius 3 is 1.98 bits per heavy atom. The van der Waals surface area contributed by atoms with Crippen molar-refractivity contribution in [3.63, 3.8) is 0 Å². The minimum atomic E-state index is -4.94. The maximum Gasteiger partial charge on any atom is 0.210 e. The second-order valence-electron chi connectivity index (χ2n) is 11.0. The van der Waals surface area contributed by atoms with Crippen LogP contribution in [0.1, 0.15) is 65.5 Å². The molecule has 0 fully saturated rings. The summed E-state index contributed by atoms with van der Waals surface area (Å²) in [4.78, 5) is 2.48. The minimum absolute atomic E-state index is 0.0985. The predicted molar refractivity (Wildman–Crippen MR) is 147 cm³/mol. The zero-order valence-electron chi connectivity index (χ0n) is 24.7. The number of ether oxygens (including phenoxy) is 2. The second kappa shape index (κ2) is 12.3. The van der Waals surface area contributed by atoms with Gasteiger partial charge < -0.3 is 14.4 Å². The van der Waals surface area contributed by atoms with Gasteiger partial charge in [0.2, 0.25) is 5.69 Å². The summed E-state index contributed by atoms with van der Waals surface area (Å²) in [5, 5.41) is 0. The van der Waals surface area contributed by atoms with Crippen LogP contribution in [0.15, 0.2) is 60.3 Å². The van der Waals surface area contributed by atoms with Gasteiger partial charge in [-0.1, -0.05) is 33.8 Å². The maximum atomic E-state index is 8.49. The lowest BCUT2D eigenvalue weighted by molar-refractivity contribution is -2.00. The highest BCUT2D eigenvalue weighted by Gasteiger charge is 2.44. The monoisotopic (exact) mass is 572 g/mol. The van der Waals surface area contributed by atoms with Crippen molar-refractivity contribution in [2.75, 3.05) is 32.2 Å². The van der Waals surface area contributed by atoms with Crippen LogP contribution in [-0.2, 0) is 10.8 Å². The van der Waals surface area contributed by atoms with E-state index >= 15 is 0 Å². The van der Waals surface area contributed by atoms with Gasteiger partial charge in [-0.25, -0.2) is 18.6 Å². The molecule has 40 heavy (non-hydrogen) atoms. The summed E-state index contributed by atoms with van der Waals surface area (Å²) in [6.45, 7) is 15.8. The Kier molecular flexibility index (Phi) is 9.75. The number of nitrogens with zero attached hydrogens (tertiary/aromatic N) is 2. The van der Waals surface area contributed by atoms with Crippen molar-refractivity contribution in [2.24, 2.45) is 0 Å². The van der Waals surface area contributed by atoms with Gasteiger partial charge in [0, 0.05) is 47.5 Å². The molecule has 2 aliphatic heterocycles. The molecule has 4 rings (SSSR count). The summed E-state index contributed by atoms with van der Waals surface area (Å²) < 4.78 is 47.5. The Morgan fingerprint density at radius 1 is 0.850 bits per heavy atom. The normalized spacial score (nSPS) is 18.1. The van der Waals surface area contributed by atoms with Crippen LogP contribution in [-0.4, -0.2) is 37.6 Å². The van der Waals surface area contributed by atoms with Gasteiger partial charge in [0.25, 0.3) is 0 Å². The lowest BCUT2D eigenvalue weighted by atomic mass is 9.81. The summed E-state index contributed by atoms with van der Waals surface area (Å²) in [5.41, 5.74) is 7.69. The molecule has 0 saturated heterocycles. The van der Waals surface area contributed by atoms with Crippen LogP contribution < -0.4 is 33.0 Å². The van der Waals surface area contributed by atoms with E-state index in [1.165, 1.54) is 33.9 Å².